The predicted molar refractivity (Wildman–Crippen MR) is 108 cm³/mol. The van der Waals surface area contributed by atoms with Crippen LogP contribution in [0.15, 0.2) is 46.8 Å². The first-order chi connectivity index (χ1) is 13.0. The number of aryl methyl sites for hydroxylation is 1. The number of ketones is 1. The van der Waals surface area contributed by atoms with Crippen LogP contribution in [0.3, 0.4) is 0 Å². The molecule has 27 heavy (non-hydrogen) atoms. The molecule has 2 aromatic heterocycles. The van der Waals surface area contributed by atoms with E-state index in [1.165, 1.54) is 23.1 Å². The normalized spacial score (nSPS) is 10.8. The van der Waals surface area contributed by atoms with Gasteiger partial charge >= 0.3 is 5.97 Å². The van der Waals surface area contributed by atoms with Crippen molar-refractivity contribution in [3.05, 3.63) is 63.9 Å². The van der Waals surface area contributed by atoms with Gasteiger partial charge in [0.15, 0.2) is 11.7 Å². The highest BCUT2D eigenvalue weighted by Gasteiger charge is 2.19. The van der Waals surface area contributed by atoms with Gasteiger partial charge in [-0.2, -0.15) is 0 Å². The third-order valence-corrected chi connectivity index (χ3v) is 5.87. The maximum Gasteiger partial charge on any atom is 0.316 e. The maximum absolute atomic E-state index is 12.5. The molecule has 0 radical (unpaired) electrons. The number of hydrogen-bond donors (Lipinski definition) is 0. The summed E-state index contributed by atoms with van der Waals surface area (Å²) >= 11 is 8.67. The molecule has 0 aliphatic heterocycles. The molecular formula is C19H17ClN2O3S2. The number of benzene rings is 1. The number of halogens is 1. The number of Topliss-reactive ketones (excluding diaryl/α,β-unsaturated/α-hetero) is 1. The number of hydrogen-bond acceptors (Lipinski definition) is 6. The minimum atomic E-state index is -0.433. The van der Waals surface area contributed by atoms with Gasteiger partial charge in [-0.05, 0) is 44.2 Å². The molecule has 140 valence electrons. The largest absolute Gasteiger partial charge is 0.457 e. The summed E-state index contributed by atoms with van der Waals surface area (Å²) in [6.07, 6.45) is 1.72. The second-order valence-electron chi connectivity index (χ2n) is 5.76. The van der Waals surface area contributed by atoms with E-state index < -0.39 is 5.97 Å². The first kappa shape index (κ1) is 19.7. The van der Waals surface area contributed by atoms with Crippen LogP contribution in [-0.2, 0) is 9.53 Å². The molecule has 2 heterocycles. The van der Waals surface area contributed by atoms with Gasteiger partial charge in [0.25, 0.3) is 0 Å². The molecule has 0 atom stereocenters. The topological polar surface area (TPSA) is 61.2 Å². The van der Waals surface area contributed by atoms with Crippen molar-refractivity contribution in [2.75, 3.05) is 12.4 Å². The average Bonchev–Trinajstić information content (AvgIpc) is 3.27. The second kappa shape index (κ2) is 8.73. The molecule has 0 saturated heterocycles. The van der Waals surface area contributed by atoms with Crippen LogP contribution >= 0.6 is 34.7 Å². The van der Waals surface area contributed by atoms with Crippen LogP contribution in [0.5, 0.6) is 0 Å². The smallest absolute Gasteiger partial charge is 0.316 e. The Morgan fingerprint density at radius 2 is 2.00 bits per heavy atom. The lowest BCUT2D eigenvalue weighted by Gasteiger charge is -2.06. The number of carbonyl (C=O) groups excluding carboxylic acids is 2. The Bertz CT molecular complexity index is 950. The van der Waals surface area contributed by atoms with Gasteiger partial charge in [0.05, 0.1) is 5.75 Å². The molecule has 0 N–H and O–H groups in total. The van der Waals surface area contributed by atoms with Crippen LogP contribution in [-0.4, -0.2) is 33.7 Å². The summed E-state index contributed by atoms with van der Waals surface area (Å²) in [5.41, 5.74) is 2.25. The highest BCUT2D eigenvalue weighted by Crippen LogP contribution is 2.23. The molecule has 0 aliphatic carbocycles. The highest BCUT2D eigenvalue weighted by atomic mass is 35.5. The number of nitrogens with zero attached hydrogens (tertiary/aromatic N) is 2. The summed E-state index contributed by atoms with van der Waals surface area (Å²) < 4.78 is 7.07. The Kier molecular flexibility index (Phi) is 6.36. The first-order valence-corrected chi connectivity index (χ1v) is 10.4. The van der Waals surface area contributed by atoms with E-state index in [0.717, 1.165) is 21.4 Å². The van der Waals surface area contributed by atoms with E-state index in [-0.39, 0.29) is 18.1 Å². The molecule has 8 heteroatoms. The average molecular weight is 421 g/mol. The lowest BCUT2D eigenvalue weighted by Crippen LogP contribution is -2.16. The van der Waals surface area contributed by atoms with Crippen LogP contribution in [0.25, 0.3) is 5.13 Å². The van der Waals surface area contributed by atoms with Crippen molar-refractivity contribution in [2.24, 2.45) is 0 Å². The lowest BCUT2D eigenvalue weighted by molar-refractivity contribution is -0.139. The second-order valence-corrected chi connectivity index (χ2v) is 8.12. The summed E-state index contributed by atoms with van der Waals surface area (Å²) in [6.45, 7) is 3.50. The third-order valence-electron chi connectivity index (χ3n) is 3.88. The van der Waals surface area contributed by atoms with Crippen LogP contribution in [0, 0.1) is 13.8 Å². The summed E-state index contributed by atoms with van der Waals surface area (Å²) in [5.74, 6) is -0.527. The van der Waals surface area contributed by atoms with Gasteiger partial charge in [0, 0.05) is 38.4 Å². The monoisotopic (exact) mass is 420 g/mol. The first-order valence-electron chi connectivity index (χ1n) is 8.11. The Morgan fingerprint density at radius 1 is 1.26 bits per heavy atom. The molecule has 3 rings (SSSR count). The van der Waals surface area contributed by atoms with Crippen molar-refractivity contribution in [3.8, 4) is 5.13 Å². The van der Waals surface area contributed by atoms with Crippen molar-refractivity contribution >= 4 is 46.5 Å². The van der Waals surface area contributed by atoms with E-state index in [1.54, 1.807) is 24.4 Å². The van der Waals surface area contributed by atoms with Crippen LogP contribution in [0.4, 0.5) is 0 Å². The molecule has 0 aliphatic rings. The van der Waals surface area contributed by atoms with Crippen LogP contribution in [0.2, 0.25) is 5.02 Å². The van der Waals surface area contributed by atoms with E-state index in [0.29, 0.717) is 10.6 Å². The van der Waals surface area contributed by atoms with Gasteiger partial charge in [-0.1, -0.05) is 11.6 Å². The quantitative estimate of drug-likeness (QED) is 0.314. The predicted octanol–water partition coefficient (Wildman–Crippen LogP) is 4.72. The van der Waals surface area contributed by atoms with Crippen molar-refractivity contribution in [1.29, 1.82) is 0 Å². The van der Waals surface area contributed by atoms with Crippen LogP contribution in [0.1, 0.15) is 21.7 Å². The number of ether oxygens (including phenoxy) is 1. The van der Waals surface area contributed by atoms with E-state index in [2.05, 4.69) is 4.98 Å². The number of aromatic nitrogens is 2. The molecule has 3 aromatic rings. The zero-order valence-electron chi connectivity index (χ0n) is 14.8. The molecule has 5 nitrogen and oxygen atoms in total. The molecule has 0 unspecified atom stereocenters. The zero-order chi connectivity index (χ0) is 19.4. The molecule has 0 amide bonds. The fourth-order valence-corrected chi connectivity index (χ4v) is 4.18. The Morgan fingerprint density at radius 3 is 2.67 bits per heavy atom. The van der Waals surface area contributed by atoms with Gasteiger partial charge in [-0.25, -0.2) is 4.98 Å². The molecule has 0 spiro atoms. The fraction of sp³-hybridized carbons (Fsp3) is 0.211. The van der Waals surface area contributed by atoms with E-state index in [4.69, 9.17) is 16.3 Å². The van der Waals surface area contributed by atoms with Crippen molar-refractivity contribution in [1.82, 2.24) is 9.55 Å². The Labute approximate surface area is 170 Å². The van der Waals surface area contributed by atoms with Crippen LogP contribution < -0.4 is 0 Å². The van der Waals surface area contributed by atoms with Crippen molar-refractivity contribution in [3.63, 3.8) is 0 Å². The van der Waals surface area contributed by atoms with E-state index in [1.807, 2.05) is 35.9 Å². The lowest BCUT2D eigenvalue weighted by atomic mass is 10.1. The van der Waals surface area contributed by atoms with Gasteiger partial charge < -0.3 is 4.74 Å². The number of esters is 1. The maximum atomic E-state index is 12.5. The van der Waals surface area contributed by atoms with Gasteiger partial charge in [-0.15, -0.1) is 23.1 Å². The fourth-order valence-electron chi connectivity index (χ4n) is 2.60. The molecule has 0 bridgehead atoms. The Hall–Kier alpha value is -2.09. The molecular weight excluding hydrogens is 404 g/mol. The van der Waals surface area contributed by atoms with Gasteiger partial charge in [0.2, 0.25) is 5.78 Å². The van der Waals surface area contributed by atoms with Gasteiger partial charge in [-0.3, -0.25) is 14.2 Å². The standard InChI is InChI=1S/C19H17ClN2O3S2/c1-12-9-16(13(2)22(12)19-21-7-8-26-19)17(23)10-25-18(24)11-27-15-5-3-14(20)4-6-15/h3-9H,10-11H2,1-2H3. The summed E-state index contributed by atoms with van der Waals surface area (Å²) in [6, 6.07) is 8.99. The third kappa shape index (κ3) is 4.80. The van der Waals surface area contributed by atoms with Crippen molar-refractivity contribution in [2.45, 2.75) is 18.7 Å². The summed E-state index contributed by atoms with van der Waals surface area (Å²) in [7, 11) is 0. The minimum Gasteiger partial charge on any atom is -0.457 e. The SMILES string of the molecule is Cc1cc(C(=O)COC(=O)CSc2ccc(Cl)cc2)c(C)n1-c1nccs1. The zero-order valence-corrected chi connectivity index (χ0v) is 17.2. The highest BCUT2D eigenvalue weighted by molar-refractivity contribution is 8.00. The number of carbonyl (C=O) groups is 2. The van der Waals surface area contributed by atoms with Gasteiger partial charge in [0.1, 0.15) is 0 Å². The van der Waals surface area contributed by atoms with Crippen molar-refractivity contribution < 1.29 is 14.3 Å². The summed E-state index contributed by atoms with van der Waals surface area (Å²) in [5, 5.41) is 3.33. The molecule has 1 aromatic carbocycles. The Balaban J connectivity index is 1.57. The number of thioether (sulfide) groups is 1. The molecule has 0 fully saturated rings. The minimum absolute atomic E-state index is 0.132. The summed E-state index contributed by atoms with van der Waals surface area (Å²) in [4.78, 5) is 29.6. The van der Waals surface area contributed by atoms with E-state index >= 15 is 0 Å². The number of rotatable bonds is 7. The number of thiazole rings is 1. The molecule has 0 saturated carbocycles. The van der Waals surface area contributed by atoms with E-state index in [9.17, 15) is 9.59 Å².